The second-order valence-corrected chi connectivity index (χ2v) is 4.39. The molecular weight excluding hydrogens is 176 g/mol. The van der Waals surface area contributed by atoms with Crippen LogP contribution in [0.3, 0.4) is 0 Å². The molecule has 0 bridgehead atoms. The molecular formula is C11H20N2O. The van der Waals surface area contributed by atoms with Gasteiger partial charge in [-0.3, -0.25) is 4.79 Å². The van der Waals surface area contributed by atoms with Crippen molar-refractivity contribution in [3.8, 4) is 0 Å². The molecule has 2 saturated heterocycles. The van der Waals surface area contributed by atoms with E-state index in [1.165, 1.54) is 25.7 Å². The van der Waals surface area contributed by atoms with Crippen LogP contribution in [0.1, 0.15) is 38.5 Å². The molecule has 0 radical (unpaired) electrons. The van der Waals surface area contributed by atoms with Crippen LogP contribution < -0.4 is 5.32 Å². The highest BCUT2D eigenvalue weighted by Gasteiger charge is 2.26. The zero-order valence-corrected chi connectivity index (χ0v) is 8.80. The summed E-state index contributed by atoms with van der Waals surface area (Å²) in [7, 11) is 0. The first kappa shape index (κ1) is 9.97. The molecule has 0 saturated carbocycles. The van der Waals surface area contributed by atoms with Gasteiger partial charge in [0.05, 0.1) is 6.04 Å². The summed E-state index contributed by atoms with van der Waals surface area (Å²) in [6, 6.07) is 0.132. The molecule has 0 spiro atoms. The predicted octanol–water partition coefficient (Wildman–Crippen LogP) is 1.14. The van der Waals surface area contributed by atoms with Gasteiger partial charge >= 0.3 is 0 Å². The van der Waals surface area contributed by atoms with Gasteiger partial charge in [0, 0.05) is 13.1 Å². The van der Waals surface area contributed by atoms with Crippen molar-refractivity contribution in [2.24, 2.45) is 0 Å². The second kappa shape index (κ2) is 4.78. The van der Waals surface area contributed by atoms with Gasteiger partial charge in [0.25, 0.3) is 0 Å². The van der Waals surface area contributed by atoms with Crippen molar-refractivity contribution < 1.29 is 4.79 Å². The van der Waals surface area contributed by atoms with Crippen molar-refractivity contribution in [1.82, 2.24) is 10.2 Å². The Kier molecular flexibility index (Phi) is 3.40. The van der Waals surface area contributed by atoms with Gasteiger partial charge in [0.2, 0.25) is 5.91 Å². The SMILES string of the molecule is O=C([C@H]1CCCN1)N1CCCCCC1. The third kappa shape index (κ3) is 2.27. The highest BCUT2D eigenvalue weighted by Crippen LogP contribution is 2.14. The smallest absolute Gasteiger partial charge is 0.239 e. The summed E-state index contributed by atoms with van der Waals surface area (Å²) in [4.78, 5) is 14.1. The van der Waals surface area contributed by atoms with E-state index in [2.05, 4.69) is 10.2 Å². The molecule has 1 amide bonds. The lowest BCUT2D eigenvalue weighted by Crippen LogP contribution is -2.43. The topological polar surface area (TPSA) is 32.3 Å². The molecule has 2 aliphatic rings. The van der Waals surface area contributed by atoms with Gasteiger partial charge in [-0.15, -0.1) is 0 Å². The summed E-state index contributed by atoms with van der Waals surface area (Å²) >= 11 is 0. The summed E-state index contributed by atoms with van der Waals surface area (Å²) in [5.74, 6) is 0.351. The van der Waals surface area contributed by atoms with E-state index in [1.807, 2.05) is 0 Å². The molecule has 0 unspecified atom stereocenters. The van der Waals surface area contributed by atoms with Crippen molar-refractivity contribution in [2.45, 2.75) is 44.6 Å². The summed E-state index contributed by atoms with van der Waals surface area (Å²) in [5.41, 5.74) is 0. The Hall–Kier alpha value is -0.570. The van der Waals surface area contributed by atoms with Crippen LogP contribution in [0.15, 0.2) is 0 Å². The zero-order chi connectivity index (χ0) is 9.80. The van der Waals surface area contributed by atoms with Gasteiger partial charge in [-0.2, -0.15) is 0 Å². The number of hydrogen-bond acceptors (Lipinski definition) is 2. The molecule has 3 heteroatoms. The quantitative estimate of drug-likeness (QED) is 0.682. The first-order chi connectivity index (χ1) is 6.88. The molecule has 2 heterocycles. The summed E-state index contributed by atoms with van der Waals surface area (Å²) < 4.78 is 0. The molecule has 2 fully saturated rings. The summed E-state index contributed by atoms with van der Waals surface area (Å²) in [6.45, 7) is 2.98. The van der Waals surface area contributed by atoms with E-state index in [0.717, 1.165) is 32.5 Å². The molecule has 2 rings (SSSR count). The van der Waals surface area contributed by atoms with Crippen molar-refractivity contribution in [2.75, 3.05) is 19.6 Å². The van der Waals surface area contributed by atoms with E-state index in [9.17, 15) is 4.79 Å². The first-order valence-electron chi connectivity index (χ1n) is 5.90. The number of nitrogens with one attached hydrogen (secondary N) is 1. The van der Waals surface area contributed by atoms with Crippen molar-refractivity contribution in [3.63, 3.8) is 0 Å². The van der Waals surface area contributed by atoms with Crippen molar-refractivity contribution in [1.29, 1.82) is 0 Å². The van der Waals surface area contributed by atoms with Crippen LogP contribution in [0.5, 0.6) is 0 Å². The minimum atomic E-state index is 0.132. The summed E-state index contributed by atoms with van der Waals surface area (Å²) in [6.07, 6.45) is 7.17. The normalized spacial score (nSPS) is 28.9. The lowest BCUT2D eigenvalue weighted by atomic mass is 10.2. The number of carbonyl (C=O) groups excluding carboxylic acids is 1. The average Bonchev–Trinajstić information content (AvgIpc) is 2.59. The molecule has 2 aliphatic heterocycles. The highest BCUT2D eigenvalue weighted by atomic mass is 16.2. The maximum atomic E-state index is 12.0. The van der Waals surface area contributed by atoms with Gasteiger partial charge in [-0.05, 0) is 32.2 Å². The van der Waals surface area contributed by atoms with E-state index in [4.69, 9.17) is 0 Å². The van der Waals surface area contributed by atoms with Crippen LogP contribution in [0.4, 0.5) is 0 Å². The van der Waals surface area contributed by atoms with Crippen LogP contribution in [-0.2, 0) is 4.79 Å². The van der Waals surface area contributed by atoms with Gasteiger partial charge in [-0.25, -0.2) is 0 Å². The van der Waals surface area contributed by atoms with E-state index in [-0.39, 0.29) is 6.04 Å². The maximum absolute atomic E-state index is 12.0. The van der Waals surface area contributed by atoms with Gasteiger partial charge in [0.1, 0.15) is 0 Å². The fourth-order valence-electron chi connectivity index (χ4n) is 2.41. The zero-order valence-electron chi connectivity index (χ0n) is 8.80. The standard InChI is InChI=1S/C11H20N2O/c14-11(10-6-5-7-12-10)13-8-3-1-2-4-9-13/h10,12H,1-9H2/t10-/m1/s1. The molecule has 0 aromatic heterocycles. The van der Waals surface area contributed by atoms with Crippen LogP contribution in [0.2, 0.25) is 0 Å². The third-order valence-electron chi connectivity index (χ3n) is 3.28. The molecule has 0 aromatic carbocycles. The minimum Gasteiger partial charge on any atom is -0.341 e. The molecule has 0 aromatic rings. The number of carbonyl (C=O) groups is 1. The van der Waals surface area contributed by atoms with Gasteiger partial charge in [0.15, 0.2) is 0 Å². The van der Waals surface area contributed by atoms with Crippen molar-refractivity contribution >= 4 is 5.91 Å². The third-order valence-corrected chi connectivity index (χ3v) is 3.28. The van der Waals surface area contributed by atoms with Crippen LogP contribution >= 0.6 is 0 Å². The Morgan fingerprint density at radius 3 is 2.36 bits per heavy atom. The van der Waals surface area contributed by atoms with E-state index < -0.39 is 0 Å². The molecule has 14 heavy (non-hydrogen) atoms. The number of hydrogen-bond donors (Lipinski definition) is 1. The number of likely N-dealkylation sites (tertiary alicyclic amines) is 1. The monoisotopic (exact) mass is 196 g/mol. The van der Waals surface area contributed by atoms with Crippen LogP contribution in [0.25, 0.3) is 0 Å². The Morgan fingerprint density at radius 1 is 1.07 bits per heavy atom. The minimum absolute atomic E-state index is 0.132. The van der Waals surface area contributed by atoms with E-state index in [0.29, 0.717) is 5.91 Å². The van der Waals surface area contributed by atoms with Crippen molar-refractivity contribution in [3.05, 3.63) is 0 Å². The fourth-order valence-corrected chi connectivity index (χ4v) is 2.41. The first-order valence-corrected chi connectivity index (χ1v) is 5.90. The molecule has 0 aliphatic carbocycles. The summed E-state index contributed by atoms with van der Waals surface area (Å²) in [5, 5.41) is 3.28. The number of rotatable bonds is 1. The maximum Gasteiger partial charge on any atom is 0.239 e. The highest BCUT2D eigenvalue weighted by molar-refractivity contribution is 5.82. The number of nitrogens with zero attached hydrogens (tertiary/aromatic N) is 1. The largest absolute Gasteiger partial charge is 0.341 e. The Morgan fingerprint density at radius 2 is 1.79 bits per heavy atom. The molecule has 3 nitrogen and oxygen atoms in total. The second-order valence-electron chi connectivity index (χ2n) is 4.39. The van der Waals surface area contributed by atoms with E-state index in [1.54, 1.807) is 0 Å². The fraction of sp³-hybridized carbons (Fsp3) is 0.909. The van der Waals surface area contributed by atoms with Crippen LogP contribution in [-0.4, -0.2) is 36.5 Å². The lowest BCUT2D eigenvalue weighted by molar-refractivity contribution is -0.133. The number of amides is 1. The molecule has 1 atom stereocenters. The van der Waals surface area contributed by atoms with Crippen LogP contribution in [0, 0.1) is 0 Å². The van der Waals surface area contributed by atoms with Gasteiger partial charge in [-0.1, -0.05) is 12.8 Å². The Bertz CT molecular complexity index is 191. The molecule has 1 N–H and O–H groups in total. The Balaban J connectivity index is 1.88. The molecule has 80 valence electrons. The lowest BCUT2D eigenvalue weighted by Gasteiger charge is -2.23. The van der Waals surface area contributed by atoms with E-state index >= 15 is 0 Å². The average molecular weight is 196 g/mol. The predicted molar refractivity (Wildman–Crippen MR) is 56.1 cm³/mol. The van der Waals surface area contributed by atoms with Gasteiger partial charge < -0.3 is 10.2 Å². The Labute approximate surface area is 85.8 Å².